The maximum atomic E-state index is 4.19. The predicted molar refractivity (Wildman–Crippen MR) is 59.2 cm³/mol. The van der Waals surface area contributed by atoms with Crippen molar-refractivity contribution in [1.29, 1.82) is 0 Å². The van der Waals surface area contributed by atoms with Crippen molar-refractivity contribution in [2.75, 3.05) is 0 Å². The van der Waals surface area contributed by atoms with Crippen LogP contribution in [0.15, 0.2) is 30.6 Å². The van der Waals surface area contributed by atoms with E-state index in [-0.39, 0.29) is 18.6 Å². The summed E-state index contributed by atoms with van der Waals surface area (Å²) in [6, 6.07) is 14.1. The first-order valence-electron chi connectivity index (χ1n) is 4.98. The van der Waals surface area contributed by atoms with Crippen LogP contribution in [-0.2, 0) is 18.6 Å². The zero-order valence-electron chi connectivity index (χ0n) is 9.31. The van der Waals surface area contributed by atoms with Crippen LogP contribution in [0.2, 0.25) is 0 Å². The molecule has 1 aromatic carbocycles. The van der Waals surface area contributed by atoms with Gasteiger partial charge in [-0.25, -0.2) is 12.1 Å². The molecule has 0 unspecified atom stereocenters. The smallest absolute Gasteiger partial charge is 0.325 e. The van der Waals surface area contributed by atoms with Gasteiger partial charge in [0.25, 0.3) is 0 Å². The third kappa shape index (κ3) is 2.94. The fourth-order valence-electron chi connectivity index (χ4n) is 1.31. The molecule has 0 bridgehead atoms. The Balaban J connectivity index is 0.00000128. The third-order valence-electron chi connectivity index (χ3n) is 2.14. The van der Waals surface area contributed by atoms with Crippen LogP contribution in [0, 0.1) is 12.1 Å². The van der Waals surface area contributed by atoms with Crippen LogP contribution in [0.4, 0.5) is 0 Å². The molecule has 0 aliphatic heterocycles. The maximum absolute atomic E-state index is 4.19. The van der Waals surface area contributed by atoms with Gasteiger partial charge in [-0.3, -0.25) is 16.6 Å². The fourth-order valence-corrected chi connectivity index (χ4v) is 1.31. The Hall–Kier alpha value is -1.12. The molecule has 79 valence electrons. The molecule has 0 amide bonds. The van der Waals surface area contributed by atoms with Gasteiger partial charge in [0.15, 0.2) is 0 Å². The second kappa shape index (κ2) is 5.83. The Morgan fingerprint density at radius 1 is 1.19 bits per heavy atom. The fraction of sp³-hybridized carbons (Fsp3) is 0.231. The van der Waals surface area contributed by atoms with Gasteiger partial charge < -0.3 is 4.98 Å². The van der Waals surface area contributed by atoms with Crippen LogP contribution in [0.25, 0.3) is 11.3 Å². The van der Waals surface area contributed by atoms with Gasteiger partial charge in [0.1, 0.15) is 6.33 Å². The standard InChI is InChI=1S/C13H12N2.V/c1-10(2)12-8-13(15-9-14-12)11-6-4-3-5-7-11;/h3-6,9-10H,1-2H3;/q-2;+2. The number of nitrogens with zero attached hydrogens (tertiary/aromatic N) is 2. The van der Waals surface area contributed by atoms with Crippen LogP contribution in [0.1, 0.15) is 25.5 Å². The van der Waals surface area contributed by atoms with Crippen molar-refractivity contribution < 1.29 is 18.6 Å². The minimum Gasteiger partial charge on any atom is -0.325 e. The summed E-state index contributed by atoms with van der Waals surface area (Å²) in [6.45, 7) is 4.19. The van der Waals surface area contributed by atoms with Crippen LogP contribution in [0.3, 0.4) is 0 Å². The first kappa shape index (κ1) is 13.0. The maximum Gasteiger partial charge on any atom is 2.00 e. The largest absolute Gasteiger partial charge is 2.00 e. The topological polar surface area (TPSA) is 25.8 Å². The molecule has 1 radical (unpaired) electrons. The molecule has 1 aromatic heterocycles. The molecule has 2 rings (SSSR count). The molecule has 1 heterocycles. The Morgan fingerprint density at radius 2 is 2.00 bits per heavy atom. The Kier molecular flexibility index (Phi) is 4.72. The van der Waals surface area contributed by atoms with E-state index < -0.39 is 0 Å². The molecule has 0 aliphatic rings. The second-order valence-corrected chi connectivity index (χ2v) is 3.66. The Morgan fingerprint density at radius 3 is 2.62 bits per heavy atom. The molecule has 0 saturated heterocycles. The number of hydrogen-bond acceptors (Lipinski definition) is 2. The summed E-state index contributed by atoms with van der Waals surface area (Å²) < 4.78 is 0. The Labute approximate surface area is 108 Å². The minimum absolute atomic E-state index is 0. The van der Waals surface area contributed by atoms with Crippen molar-refractivity contribution in [1.82, 2.24) is 9.97 Å². The number of rotatable bonds is 2. The van der Waals surface area contributed by atoms with Crippen molar-refractivity contribution in [2.24, 2.45) is 0 Å². The van der Waals surface area contributed by atoms with Gasteiger partial charge in [0.05, 0.1) is 0 Å². The van der Waals surface area contributed by atoms with Gasteiger partial charge in [-0.15, -0.1) is 6.07 Å². The second-order valence-electron chi connectivity index (χ2n) is 3.66. The van der Waals surface area contributed by atoms with Gasteiger partial charge >= 0.3 is 18.6 Å². The molecule has 0 atom stereocenters. The first-order valence-corrected chi connectivity index (χ1v) is 4.98. The summed E-state index contributed by atoms with van der Waals surface area (Å²) in [5, 5.41) is 0. The van der Waals surface area contributed by atoms with E-state index >= 15 is 0 Å². The summed E-state index contributed by atoms with van der Waals surface area (Å²) in [4.78, 5) is 8.38. The summed E-state index contributed by atoms with van der Waals surface area (Å²) in [6.07, 6.45) is 1.59. The summed E-state index contributed by atoms with van der Waals surface area (Å²) >= 11 is 0. The van der Waals surface area contributed by atoms with Gasteiger partial charge in [0, 0.05) is 0 Å². The predicted octanol–water partition coefficient (Wildman–Crippen LogP) is 2.86. The average molecular weight is 247 g/mol. The van der Waals surface area contributed by atoms with Crippen molar-refractivity contribution in [3.8, 4) is 11.3 Å². The van der Waals surface area contributed by atoms with Crippen molar-refractivity contribution in [3.05, 3.63) is 48.4 Å². The van der Waals surface area contributed by atoms with E-state index in [4.69, 9.17) is 0 Å². The zero-order valence-corrected chi connectivity index (χ0v) is 10.7. The van der Waals surface area contributed by atoms with Crippen LogP contribution in [0.5, 0.6) is 0 Å². The van der Waals surface area contributed by atoms with Gasteiger partial charge in [-0.05, 0) is 5.92 Å². The molecule has 0 spiro atoms. The molecule has 0 N–H and O–H groups in total. The molecule has 0 fully saturated rings. The molecule has 2 aromatic rings. The molecular weight excluding hydrogens is 235 g/mol. The van der Waals surface area contributed by atoms with Gasteiger partial charge in [0.2, 0.25) is 0 Å². The van der Waals surface area contributed by atoms with E-state index in [0.29, 0.717) is 5.92 Å². The summed E-state index contributed by atoms with van der Waals surface area (Å²) in [5.74, 6) is 0.371. The third-order valence-corrected chi connectivity index (χ3v) is 2.14. The van der Waals surface area contributed by atoms with Crippen LogP contribution in [-0.4, -0.2) is 9.97 Å². The molecule has 0 saturated carbocycles. The molecule has 2 nitrogen and oxygen atoms in total. The van der Waals surface area contributed by atoms with E-state index in [9.17, 15) is 0 Å². The average Bonchev–Trinajstić information content (AvgIpc) is 2.30. The minimum atomic E-state index is 0. The SMILES string of the molecule is CC(C)c1[c-]c(-c2[c-]cccc2)ncn1.[V+2]. The monoisotopic (exact) mass is 247 g/mol. The molecule has 16 heavy (non-hydrogen) atoms. The number of benzene rings is 1. The quantitative estimate of drug-likeness (QED) is 0.762. The molecule has 3 heteroatoms. The van der Waals surface area contributed by atoms with E-state index in [2.05, 4.69) is 35.9 Å². The van der Waals surface area contributed by atoms with Crippen molar-refractivity contribution in [2.45, 2.75) is 19.8 Å². The van der Waals surface area contributed by atoms with Crippen molar-refractivity contribution in [3.63, 3.8) is 0 Å². The van der Waals surface area contributed by atoms with Gasteiger partial charge in [-0.2, -0.15) is 17.8 Å². The Bertz CT molecular complexity index is 441. The summed E-state index contributed by atoms with van der Waals surface area (Å²) in [7, 11) is 0. The normalized spacial score (nSPS) is 9.94. The van der Waals surface area contributed by atoms with E-state index in [1.54, 1.807) is 6.33 Å². The van der Waals surface area contributed by atoms with Crippen molar-refractivity contribution >= 4 is 0 Å². The zero-order chi connectivity index (χ0) is 10.7. The van der Waals surface area contributed by atoms with E-state index in [1.165, 1.54) is 0 Å². The van der Waals surface area contributed by atoms with E-state index in [0.717, 1.165) is 17.0 Å². The number of hydrogen-bond donors (Lipinski definition) is 0. The van der Waals surface area contributed by atoms with Crippen LogP contribution < -0.4 is 0 Å². The van der Waals surface area contributed by atoms with E-state index in [1.807, 2.05) is 24.3 Å². The van der Waals surface area contributed by atoms with Crippen LogP contribution >= 0.6 is 0 Å². The molecule has 0 aliphatic carbocycles. The van der Waals surface area contributed by atoms with Gasteiger partial charge in [-0.1, -0.05) is 19.5 Å². The number of aromatic nitrogens is 2. The molecular formula is C13H12N2V. The first-order chi connectivity index (χ1) is 7.27. The summed E-state index contributed by atoms with van der Waals surface area (Å²) in [5.41, 5.74) is 2.72.